The van der Waals surface area contributed by atoms with Gasteiger partial charge in [-0.05, 0) is 45.0 Å². The molecule has 1 saturated heterocycles. The summed E-state index contributed by atoms with van der Waals surface area (Å²) in [5.74, 6) is 0.246. The van der Waals surface area contributed by atoms with Crippen molar-refractivity contribution in [3.05, 3.63) is 24.1 Å². The van der Waals surface area contributed by atoms with E-state index in [0.717, 1.165) is 6.54 Å². The molecule has 1 atom stereocenters. The standard InChI is InChI=1S/C14H20FN5/c1-11(9-19-7-3-2-4-8-19)16-14-17-13-6-5-12(15)10-20(13)18-14/h5-6,10-11H,2-4,7-9H2,1H3,(H,16,18). The third kappa shape index (κ3) is 3.07. The van der Waals surface area contributed by atoms with Crippen LogP contribution >= 0.6 is 0 Å². The van der Waals surface area contributed by atoms with Crippen molar-refractivity contribution in [2.75, 3.05) is 25.0 Å². The highest BCUT2D eigenvalue weighted by molar-refractivity contribution is 5.43. The Morgan fingerprint density at radius 3 is 2.90 bits per heavy atom. The van der Waals surface area contributed by atoms with Crippen LogP contribution in [-0.4, -0.2) is 45.2 Å². The summed E-state index contributed by atoms with van der Waals surface area (Å²) < 4.78 is 14.6. The molecule has 1 N–H and O–H groups in total. The molecule has 0 spiro atoms. The van der Waals surface area contributed by atoms with Crippen LogP contribution in [0.3, 0.4) is 0 Å². The third-order valence-electron chi connectivity index (χ3n) is 3.65. The van der Waals surface area contributed by atoms with Gasteiger partial charge in [0.15, 0.2) is 5.65 Å². The highest BCUT2D eigenvalue weighted by Crippen LogP contribution is 2.11. The number of halogens is 1. The summed E-state index contributed by atoms with van der Waals surface area (Å²) in [4.78, 5) is 6.81. The van der Waals surface area contributed by atoms with E-state index in [9.17, 15) is 4.39 Å². The predicted molar refractivity (Wildman–Crippen MR) is 76.3 cm³/mol. The minimum absolute atomic E-state index is 0.273. The van der Waals surface area contributed by atoms with Crippen molar-refractivity contribution in [3.8, 4) is 0 Å². The number of pyridine rings is 1. The predicted octanol–water partition coefficient (Wildman–Crippen LogP) is 2.15. The van der Waals surface area contributed by atoms with Crippen LogP contribution in [0.1, 0.15) is 26.2 Å². The van der Waals surface area contributed by atoms with Gasteiger partial charge in [0, 0.05) is 12.6 Å². The van der Waals surface area contributed by atoms with Gasteiger partial charge >= 0.3 is 0 Å². The maximum absolute atomic E-state index is 13.1. The van der Waals surface area contributed by atoms with Gasteiger partial charge < -0.3 is 10.2 Å². The van der Waals surface area contributed by atoms with Crippen molar-refractivity contribution in [1.29, 1.82) is 0 Å². The topological polar surface area (TPSA) is 45.5 Å². The molecule has 0 aromatic carbocycles. The van der Waals surface area contributed by atoms with Gasteiger partial charge in [0.05, 0.1) is 6.20 Å². The van der Waals surface area contributed by atoms with Gasteiger partial charge in [-0.25, -0.2) is 8.91 Å². The highest BCUT2D eigenvalue weighted by Gasteiger charge is 2.14. The molecule has 6 heteroatoms. The maximum atomic E-state index is 13.1. The number of nitrogens with zero attached hydrogens (tertiary/aromatic N) is 4. The van der Waals surface area contributed by atoms with Gasteiger partial charge in [0.2, 0.25) is 5.95 Å². The SMILES string of the molecule is CC(CN1CCCCC1)Nc1nc2ccc(F)cn2n1. The molecule has 0 bridgehead atoms. The second-order valence-electron chi connectivity index (χ2n) is 5.49. The zero-order chi connectivity index (χ0) is 13.9. The summed E-state index contributed by atoms with van der Waals surface area (Å²) in [6, 6.07) is 3.30. The lowest BCUT2D eigenvalue weighted by Crippen LogP contribution is -2.38. The number of likely N-dealkylation sites (tertiary alicyclic amines) is 1. The van der Waals surface area contributed by atoms with E-state index >= 15 is 0 Å². The zero-order valence-corrected chi connectivity index (χ0v) is 11.7. The van der Waals surface area contributed by atoms with Crippen LogP contribution in [0, 0.1) is 5.82 Å². The lowest BCUT2D eigenvalue weighted by Gasteiger charge is -2.29. The largest absolute Gasteiger partial charge is 0.349 e. The lowest BCUT2D eigenvalue weighted by molar-refractivity contribution is 0.223. The average molecular weight is 277 g/mol. The Morgan fingerprint density at radius 2 is 2.10 bits per heavy atom. The fourth-order valence-electron chi connectivity index (χ4n) is 2.71. The molecule has 0 amide bonds. The Labute approximate surface area is 117 Å². The summed E-state index contributed by atoms with van der Waals surface area (Å²) in [6.45, 7) is 5.47. The van der Waals surface area contributed by atoms with Gasteiger partial charge in [0.25, 0.3) is 0 Å². The molecule has 108 valence electrons. The van der Waals surface area contributed by atoms with E-state index in [2.05, 4.69) is 27.2 Å². The molecule has 2 aromatic heterocycles. The van der Waals surface area contributed by atoms with E-state index in [1.54, 1.807) is 6.07 Å². The number of rotatable bonds is 4. The molecular formula is C14H20FN5. The van der Waals surface area contributed by atoms with Gasteiger partial charge in [-0.2, -0.15) is 4.98 Å². The van der Waals surface area contributed by atoms with E-state index in [1.807, 2.05) is 0 Å². The zero-order valence-electron chi connectivity index (χ0n) is 11.7. The van der Waals surface area contributed by atoms with E-state index in [4.69, 9.17) is 0 Å². The normalized spacial score (nSPS) is 18.3. The molecule has 2 aromatic rings. The van der Waals surface area contributed by atoms with Crippen LogP contribution in [0.5, 0.6) is 0 Å². The van der Waals surface area contributed by atoms with Crippen LogP contribution in [0.25, 0.3) is 5.65 Å². The Morgan fingerprint density at radius 1 is 1.30 bits per heavy atom. The molecule has 0 radical (unpaired) electrons. The second kappa shape index (κ2) is 5.75. The van der Waals surface area contributed by atoms with Crippen molar-refractivity contribution in [1.82, 2.24) is 19.5 Å². The third-order valence-corrected chi connectivity index (χ3v) is 3.65. The summed E-state index contributed by atoms with van der Waals surface area (Å²) in [7, 11) is 0. The van der Waals surface area contributed by atoms with Crippen molar-refractivity contribution in [2.24, 2.45) is 0 Å². The Hall–Kier alpha value is -1.69. The number of aromatic nitrogens is 3. The quantitative estimate of drug-likeness (QED) is 0.930. The number of nitrogens with one attached hydrogen (secondary N) is 1. The van der Waals surface area contributed by atoms with Crippen LogP contribution in [0.4, 0.5) is 10.3 Å². The lowest BCUT2D eigenvalue weighted by atomic mass is 10.1. The molecule has 3 rings (SSSR count). The average Bonchev–Trinajstić information content (AvgIpc) is 2.80. The van der Waals surface area contributed by atoms with Crippen LogP contribution in [0.2, 0.25) is 0 Å². The number of anilines is 1. The Bertz CT molecular complexity index is 576. The molecule has 1 fully saturated rings. The summed E-state index contributed by atoms with van der Waals surface area (Å²) in [5, 5.41) is 7.53. The summed E-state index contributed by atoms with van der Waals surface area (Å²) >= 11 is 0. The minimum atomic E-state index is -0.310. The van der Waals surface area contributed by atoms with Gasteiger partial charge in [-0.15, -0.1) is 5.10 Å². The van der Waals surface area contributed by atoms with Gasteiger partial charge in [-0.3, -0.25) is 0 Å². The van der Waals surface area contributed by atoms with E-state index < -0.39 is 0 Å². The molecule has 0 saturated carbocycles. The second-order valence-corrected chi connectivity index (χ2v) is 5.49. The Balaban J connectivity index is 1.63. The van der Waals surface area contributed by atoms with Gasteiger partial charge in [-0.1, -0.05) is 6.42 Å². The first-order valence-corrected chi connectivity index (χ1v) is 7.21. The first kappa shape index (κ1) is 13.3. The highest BCUT2D eigenvalue weighted by atomic mass is 19.1. The number of hydrogen-bond donors (Lipinski definition) is 1. The van der Waals surface area contributed by atoms with Crippen molar-refractivity contribution < 1.29 is 4.39 Å². The molecule has 1 unspecified atom stereocenters. The number of fused-ring (bicyclic) bond motifs is 1. The summed E-state index contributed by atoms with van der Waals surface area (Å²) in [6.07, 6.45) is 5.26. The van der Waals surface area contributed by atoms with E-state index in [-0.39, 0.29) is 11.9 Å². The molecule has 1 aliphatic rings. The number of hydrogen-bond acceptors (Lipinski definition) is 4. The van der Waals surface area contributed by atoms with E-state index in [0.29, 0.717) is 11.6 Å². The van der Waals surface area contributed by atoms with Gasteiger partial charge in [0.1, 0.15) is 5.82 Å². The van der Waals surface area contributed by atoms with Crippen LogP contribution < -0.4 is 5.32 Å². The number of piperidine rings is 1. The van der Waals surface area contributed by atoms with Crippen LogP contribution in [-0.2, 0) is 0 Å². The molecule has 1 aliphatic heterocycles. The first-order valence-electron chi connectivity index (χ1n) is 7.21. The molecular weight excluding hydrogens is 257 g/mol. The monoisotopic (exact) mass is 277 g/mol. The van der Waals surface area contributed by atoms with Crippen LogP contribution in [0.15, 0.2) is 18.3 Å². The fraction of sp³-hybridized carbons (Fsp3) is 0.571. The van der Waals surface area contributed by atoms with Crippen molar-refractivity contribution in [2.45, 2.75) is 32.2 Å². The minimum Gasteiger partial charge on any atom is -0.349 e. The maximum Gasteiger partial charge on any atom is 0.243 e. The van der Waals surface area contributed by atoms with Crippen molar-refractivity contribution in [3.63, 3.8) is 0 Å². The molecule has 0 aliphatic carbocycles. The summed E-state index contributed by atoms with van der Waals surface area (Å²) in [5.41, 5.74) is 0.652. The van der Waals surface area contributed by atoms with E-state index in [1.165, 1.54) is 49.1 Å². The molecule has 3 heterocycles. The smallest absolute Gasteiger partial charge is 0.243 e. The van der Waals surface area contributed by atoms with Crippen molar-refractivity contribution >= 4 is 11.6 Å². The molecule has 20 heavy (non-hydrogen) atoms. The Kier molecular flexibility index (Phi) is 3.82. The molecule has 5 nitrogen and oxygen atoms in total. The first-order chi connectivity index (χ1) is 9.70. The fourth-order valence-corrected chi connectivity index (χ4v) is 2.71.